The first-order valence-electron chi connectivity index (χ1n) is 4.92. The molecule has 2 N–H and O–H groups in total. The van der Waals surface area contributed by atoms with Crippen molar-refractivity contribution in [3.8, 4) is 10.6 Å². The lowest BCUT2D eigenvalue weighted by molar-refractivity contribution is 0.421. The summed E-state index contributed by atoms with van der Waals surface area (Å²) in [4.78, 5) is 8.97. The number of imidazole rings is 1. The Hall–Kier alpha value is -1.13. The number of rotatable bonds is 3. The van der Waals surface area contributed by atoms with Crippen LogP contribution in [0.3, 0.4) is 0 Å². The van der Waals surface area contributed by atoms with E-state index >= 15 is 0 Å². The maximum Gasteiger partial charge on any atom is 0.126 e. The van der Waals surface area contributed by atoms with Crippen LogP contribution in [0.1, 0.15) is 19.7 Å². The van der Waals surface area contributed by atoms with Gasteiger partial charge < -0.3 is 10.3 Å². The van der Waals surface area contributed by atoms with Gasteiger partial charge in [-0.3, -0.25) is 0 Å². The zero-order chi connectivity index (χ0) is 10.9. The van der Waals surface area contributed by atoms with E-state index in [0.29, 0.717) is 0 Å². The highest BCUT2D eigenvalue weighted by Crippen LogP contribution is 2.25. The Morgan fingerprint density at radius 2 is 2.27 bits per heavy atom. The number of nitrogens with one attached hydrogen (secondary N) is 2. The highest BCUT2D eigenvalue weighted by atomic mass is 32.1. The number of thiophene rings is 1. The van der Waals surface area contributed by atoms with Gasteiger partial charge in [0.1, 0.15) is 5.82 Å². The van der Waals surface area contributed by atoms with E-state index in [1.165, 1.54) is 4.88 Å². The fourth-order valence-corrected chi connectivity index (χ4v) is 2.01. The minimum atomic E-state index is -0.116. The predicted octanol–water partition coefficient (Wildman–Crippen LogP) is 2.59. The van der Waals surface area contributed by atoms with Gasteiger partial charge in [-0.1, -0.05) is 6.07 Å². The maximum atomic E-state index is 4.40. The zero-order valence-electron chi connectivity index (χ0n) is 9.16. The normalized spacial score (nSPS) is 11.9. The van der Waals surface area contributed by atoms with Crippen LogP contribution in [-0.2, 0) is 5.54 Å². The topological polar surface area (TPSA) is 40.7 Å². The van der Waals surface area contributed by atoms with Gasteiger partial charge in [0.25, 0.3) is 0 Å². The molecular formula is C11H15N3S. The molecular weight excluding hydrogens is 206 g/mol. The molecule has 0 unspecified atom stereocenters. The van der Waals surface area contributed by atoms with Crippen molar-refractivity contribution in [1.82, 2.24) is 15.3 Å². The molecule has 4 heteroatoms. The van der Waals surface area contributed by atoms with E-state index in [1.807, 2.05) is 19.3 Å². The summed E-state index contributed by atoms with van der Waals surface area (Å²) in [6, 6.07) is 4.14. The fourth-order valence-electron chi connectivity index (χ4n) is 1.31. The molecule has 0 aromatic carbocycles. The Bertz CT molecular complexity index is 428. The van der Waals surface area contributed by atoms with Crippen molar-refractivity contribution in [2.75, 3.05) is 7.05 Å². The van der Waals surface area contributed by atoms with Crippen LogP contribution in [0.15, 0.2) is 23.7 Å². The van der Waals surface area contributed by atoms with Crippen LogP contribution in [0.5, 0.6) is 0 Å². The van der Waals surface area contributed by atoms with Gasteiger partial charge in [-0.2, -0.15) is 0 Å². The molecule has 0 fully saturated rings. The molecule has 15 heavy (non-hydrogen) atoms. The van der Waals surface area contributed by atoms with Crippen molar-refractivity contribution < 1.29 is 0 Å². The summed E-state index contributed by atoms with van der Waals surface area (Å²) in [5.74, 6) is 0.966. The predicted molar refractivity (Wildman–Crippen MR) is 64.0 cm³/mol. The van der Waals surface area contributed by atoms with Crippen LogP contribution in [0.2, 0.25) is 0 Å². The van der Waals surface area contributed by atoms with E-state index in [9.17, 15) is 0 Å². The Labute approximate surface area is 93.6 Å². The number of hydrogen-bond donors (Lipinski definition) is 2. The number of aromatic amines is 1. The molecule has 0 aliphatic rings. The lowest BCUT2D eigenvalue weighted by Crippen LogP contribution is -2.34. The van der Waals surface area contributed by atoms with E-state index in [2.05, 4.69) is 40.6 Å². The molecule has 3 nitrogen and oxygen atoms in total. The smallest absolute Gasteiger partial charge is 0.126 e. The number of aromatic nitrogens is 2. The van der Waals surface area contributed by atoms with Crippen LogP contribution in [0, 0.1) is 0 Å². The molecule has 0 aliphatic heterocycles. The van der Waals surface area contributed by atoms with Gasteiger partial charge >= 0.3 is 0 Å². The lowest BCUT2D eigenvalue weighted by atomic mass is 10.1. The van der Waals surface area contributed by atoms with Crippen molar-refractivity contribution in [3.63, 3.8) is 0 Å². The van der Waals surface area contributed by atoms with Crippen LogP contribution in [0.25, 0.3) is 10.6 Å². The molecule has 0 bridgehead atoms. The second kappa shape index (κ2) is 3.79. The van der Waals surface area contributed by atoms with Gasteiger partial charge in [0.05, 0.1) is 22.3 Å². The monoisotopic (exact) mass is 221 g/mol. The minimum absolute atomic E-state index is 0.116. The van der Waals surface area contributed by atoms with Crippen molar-refractivity contribution >= 4 is 11.3 Å². The summed E-state index contributed by atoms with van der Waals surface area (Å²) in [5.41, 5.74) is 0.971. The molecule has 0 aliphatic carbocycles. The molecule has 2 aromatic rings. The molecule has 2 aromatic heterocycles. The zero-order valence-corrected chi connectivity index (χ0v) is 9.98. The second-order valence-electron chi connectivity index (χ2n) is 4.00. The quantitative estimate of drug-likeness (QED) is 0.836. The van der Waals surface area contributed by atoms with Crippen LogP contribution in [-0.4, -0.2) is 17.0 Å². The third kappa shape index (κ3) is 1.96. The van der Waals surface area contributed by atoms with Gasteiger partial charge in [0.15, 0.2) is 0 Å². The van der Waals surface area contributed by atoms with E-state index in [0.717, 1.165) is 11.5 Å². The molecule has 0 atom stereocenters. The standard InChI is InChI=1S/C11H15N3S/c1-11(2,12-3)10-13-7-8(14-10)9-5-4-6-15-9/h4-7,12H,1-3H3,(H,13,14). The van der Waals surface area contributed by atoms with Gasteiger partial charge in [-0.05, 0) is 32.3 Å². The maximum absolute atomic E-state index is 4.40. The van der Waals surface area contributed by atoms with Gasteiger partial charge in [0.2, 0.25) is 0 Å². The van der Waals surface area contributed by atoms with E-state index in [4.69, 9.17) is 0 Å². The Morgan fingerprint density at radius 1 is 1.47 bits per heavy atom. The molecule has 0 saturated carbocycles. The highest BCUT2D eigenvalue weighted by Gasteiger charge is 2.21. The Balaban J connectivity index is 2.33. The Kier molecular flexibility index (Phi) is 2.63. The molecule has 0 amide bonds. The summed E-state index contributed by atoms with van der Waals surface area (Å²) >= 11 is 1.72. The number of H-pyrrole nitrogens is 1. The molecule has 80 valence electrons. The van der Waals surface area contributed by atoms with Gasteiger partial charge in [-0.25, -0.2) is 4.98 Å². The van der Waals surface area contributed by atoms with E-state index in [-0.39, 0.29) is 5.54 Å². The van der Waals surface area contributed by atoms with Crippen molar-refractivity contribution in [3.05, 3.63) is 29.5 Å². The summed E-state index contributed by atoms with van der Waals surface area (Å²) in [6.45, 7) is 4.20. The van der Waals surface area contributed by atoms with Crippen LogP contribution in [0.4, 0.5) is 0 Å². The first-order valence-corrected chi connectivity index (χ1v) is 5.80. The van der Waals surface area contributed by atoms with Gasteiger partial charge in [0, 0.05) is 0 Å². The third-order valence-electron chi connectivity index (χ3n) is 2.58. The summed E-state index contributed by atoms with van der Waals surface area (Å²) < 4.78 is 0. The second-order valence-corrected chi connectivity index (χ2v) is 4.95. The van der Waals surface area contributed by atoms with E-state index in [1.54, 1.807) is 11.3 Å². The third-order valence-corrected chi connectivity index (χ3v) is 3.48. The van der Waals surface area contributed by atoms with Crippen LogP contribution < -0.4 is 5.32 Å². The molecule has 2 rings (SSSR count). The Morgan fingerprint density at radius 3 is 2.87 bits per heavy atom. The molecule has 0 spiro atoms. The number of nitrogens with zero attached hydrogens (tertiary/aromatic N) is 1. The van der Waals surface area contributed by atoms with Crippen molar-refractivity contribution in [2.45, 2.75) is 19.4 Å². The first kappa shape index (κ1) is 10.4. The summed E-state index contributed by atoms with van der Waals surface area (Å²) in [5, 5.41) is 5.29. The number of hydrogen-bond acceptors (Lipinski definition) is 3. The SMILES string of the molecule is CNC(C)(C)c1ncc(-c2cccs2)[nH]1. The average molecular weight is 221 g/mol. The fraction of sp³-hybridized carbons (Fsp3) is 0.364. The lowest BCUT2D eigenvalue weighted by Gasteiger charge is -2.20. The molecule has 2 heterocycles. The summed E-state index contributed by atoms with van der Waals surface area (Å²) in [6.07, 6.45) is 1.89. The minimum Gasteiger partial charge on any atom is -0.340 e. The summed E-state index contributed by atoms with van der Waals surface area (Å²) in [7, 11) is 1.94. The van der Waals surface area contributed by atoms with E-state index < -0.39 is 0 Å². The van der Waals surface area contributed by atoms with Crippen LogP contribution >= 0.6 is 11.3 Å². The molecule has 0 radical (unpaired) electrons. The first-order chi connectivity index (χ1) is 7.13. The van der Waals surface area contributed by atoms with Crippen molar-refractivity contribution in [1.29, 1.82) is 0 Å². The van der Waals surface area contributed by atoms with Crippen molar-refractivity contribution in [2.24, 2.45) is 0 Å². The average Bonchev–Trinajstić information content (AvgIpc) is 2.88. The highest BCUT2D eigenvalue weighted by molar-refractivity contribution is 7.13. The molecule has 0 saturated heterocycles. The largest absolute Gasteiger partial charge is 0.340 e. The van der Waals surface area contributed by atoms with Gasteiger partial charge in [-0.15, -0.1) is 11.3 Å².